The molecule has 1 aromatic rings. The van der Waals surface area contributed by atoms with Crippen LogP contribution in [-0.2, 0) is 11.2 Å². The van der Waals surface area contributed by atoms with E-state index in [4.69, 9.17) is 0 Å². The molecule has 2 aliphatic rings. The summed E-state index contributed by atoms with van der Waals surface area (Å²) < 4.78 is 0. The number of piperazine rings is 1. The second-order valence-corrected chi connectivity index (χ2v) is 7.16. The summed E-state index contributed by atoms with van der Waals surface area (Å²) in [7, 11) is 0. The molecule has 6 nitrogen and oxygen atoms in total. The van der Waals surface area contributed by atoms with Crippen LogP contribution in [0.15, 0.2) is 0 Å². The van der Waals surface area contributed by atoms with Crippen LogP contribution in [0.1, 0.15) is 43.2 Å². The summed E-state index contributed by atoms with van der Waals surface area (Å²) in [5.74, 6) is -0.0668. The molecule has 2 fully saturated rings. The first-order valence-corrected chi connectivity index (χ1v) is 8.73. The Hall–Kier alpha value is -1.63. The SMILES string of the molecule is CCc1nc(NC(=O)N2CC(=O)NC3CCCCC32)sc1C. The molecule has 1 aromatic heterocycles. The Morgan fingerprint density at radius 3 is 2.95 bits per heavy atom. The molecule has 0 radical (unpaired) electrons. The zero-order valence-electron chi connectivity index (χ0n) is 13.0. The van der Waals surface area contributed by atoms with Crippen molar-refractivity contribution < 1.29 is 9.59 Å². The first kappa shape index (κ1) is 15.3. The Balaban J connectivity index is 1.73. The lowest BCUT2D eigenvalue weighted by atomic mass is 9.87. The molecule has 0 aromatic carbocycles. The van der Waals surface area contributed by atoms with Crippen LogP contribution in [-0.4, -0.2) is 40.5 Å². The molecule has 1 aliphatic carbocycles. The van der Waals surface area contributed by atoms with Gasteiger partial charge in [0.2, 0.25) is 5.91 Å². The number of nitrogens with zero attached hydrogens (tertiary/aromatic N) is 2. The molecular formula is C15H22N4O2S. The average molecular weight is 322 g/mol. The molecule has 2 atom stereocenters. The Morgan fingerprint density at radius 2 is 2.23 bits per heavy atom. The van der Waals surface area contributed by atoms with Gasteiger partial charge in [-0.15, -0.1) is 11.3 Å². The van der Waals surface area contributed by atoms with Gasteiger partial charge >= 0.3 is 6.03 Å². The zero-order valence-corrected chi connectivity index (χ0v) is 13.8. The van der Waals surface area contributed by atoms with Crippen molar-refractivity contribution in [1.29, 1.82) is 0 Å². The number of nitrogens with one attached hydrogen (secondary N) is 2. The predicted octanol–water partition coefficient (Wildman–Crippen LogP) is 2.29. The number of carbonyl (C=O) groups is 2. The maximum Gasteiger partial charge on any atom is 0.324 e. The van der Waals surface area contributed by atoms with Gasteiger partial charge in [-0.3, -0.25) is 10.1 Å². The summed E-state index contributed by atoms with van der Waals surface area (Å²) >= 11 is 1.49. The Morgan fingerprint density at radius 1 is 1.45 bits per heavy atom. The molecule has 1 saturated carbocycles. The fraction of sp³-hybridized carbons (Fsp3) is 0.667. The molecule has 2 N–H and O–H groups in total. The van der Waals surface area contributed by atoms with Gasteiger partial charge in [0, 0.05) is 10.9 Å². The van der Waals surface area contributed by atoms with Gasteiger partial charge < -0.3 is 10.2 Å². The smallest absolute Gasteiger partial charge is 0.324 e. The molecule has 0 spiro atoms. The number of fused-ring (bicyclic) bond motifs is 1. The first-order valence-electron chi connectivity index (χ1n) is 7.91. The molecule has 2 heterocycles. The second-order valence-electron chi connectivity index (χ2n) is 5.96. The van der Waals surface area contributed by atoms with Crippen LogP contribution >= 0.6 is 11.3 Å². The monoisotopic (exact) mass is 322 g/mol. The number of hydrogen-bond acceptors (Lipinski definition) is 4. The van der Waals surface area contributed by atoms with E-state index in [1.54, 1.807) is 4.90 Å². The Labute approximate surface area is 134 Å². The van der Waals surface area contributed by atoms with Crippen LogP contribution in [0, 0.1) is 6.92 Å². The van der Waals surface area contributed by atoms with Crippen molar-refractivity contribution in [2.45, 2.75) is 58.0 Å². The fourth-order valence-corrected chi connectivity index (χ4v) is 4.26. The number of aryl methyl sites for hydroxylation is 2. The molecule has 3 rings (SSSR count). The summed E-state index contributed by atoms with van der Waals surface area (Å²) in [6.45, 7) is 4.20. The molecule has 1 saturated heterocycles. The van der Waals surface area contributed by atoms with Crippen molar-refractivity contribution in [3.63, 3.8) is 0 Å². The van der Waals surface area contributed by atoms with Crippen LogP contribution in [0.3, 0.4) is 0 Å². The van der Waals surface area contributed by atoms with Crippen molar-refractivity contribution >= 4 is 28.4 Å². The molecule has 120 valence electrons. The van der Waals surface area contributed by atoms with Crippen LogP contribution < -0.4 is 10.6 Å². The number of aromatic nitrogens is 1. The number of rotatable bonds is 2. The zero-order chi connectivity index (χ0) is 15.7. The number of thiazole rings is 1. The number of anilines is 1. The maximum absolute atomic E-state index is 12.6. The molecule has 22 heavy (non-hydrogen) atoms. The van der Waals surface area contributed by atoms with Gasteiger partial charge in [-0.05, 0) is 26.2 Å². The van der Waals surface area contributed by atoms with Gasteiger partial charge in [-0.25, -0.2) is 9.78 Å². The quantitative estimate of drug-likeness (QED) is 0.877. The van der Waals surface area contributed by atoms with Crippen LogP contribution in [0.5, 0.6) is 0 Å². The van der Waals surface area contributed by atoms with Gasteiger partial charge in [0.25, 0.3) is 0 Å². The highest BCUT2D eigenvalue weighted by atomic mass is 32.1. The van der Waals surface area contributed by atoms with Crippen LogP contribution in [0.4, 0.5) is 9.93 Å². The summed E-state index contributed by atoms with van der Waals surface area (Å²) in [6.07, 6.45) is 4.99. The van der Waals surface area contributed by atoms with E-state index in [2.05, 4.69) is 22.5 Å². The first-order chi connectivity index (χ1) is 10.6. The molecule has 3 amide bonds. The minimum atomic E-state index is -0.205. The van der Waals surface area contributed by atoms with Gasteiger partial charge in [0.05, 0.1) is 11.7 Å². The highest BCUT2D eigenvalue weighted by Crippen LogP contribution is 2.27. The van der Waals surface area contributed by atoms with Crippen molar-refractivity contribution in [2.75, 3.05) is 11.9 Å². The topological polar surface area (TPSA) is 74.3 Å². The van der Waals surface area contributed by atoms with Crippen LogP contribution in [0.25, 0.3) is 0 Å². The van der Waals surface area contributed by atoms with Crippen molar-refractivity contribution in [1.82, 2.24) is 15.2 Å². The van der Waals surface area contributed by atoms with E-state index in [0.717, 1.165) is 42.7 Å². The maximum atomic E-state index is 12.6. The van der Waals surface area contributed by atoms with E-state index in [-0.39, 0.29) is 30.6 Å². The largest absolute Gasteiger partial charge is 0.350 e. The fourth-order valence-electron chi connectivity index (χ4n) is 3.37. The van der Waals surface area contributed by atoms with E-state index in [0.29, 0.717) is 5.13 Å². The summed E-state index contributed by atoms with van der Waals surface area (Å²) in [5, 5.41) is 6.51. The van der Waals surface area contributed by atoms with Gasteiger partial charge in [0.15, 0.2) is 5.13 Å². The van der Waals surface area contributed by atoms with Gasteiger partial charge in [-0.1, -0.05) is 19.8 Å². The summed E-state index contributed by atoms with van der Waals surface area (Å²) in [6, 6.07) is 0.00583. The van der Waals surface area contributed by atoms with E-state index in [1.807, 2.05) is 6.92 Å². The summed E-state index contributed by atoms with van der Waals surface area (Å²) in [5.41, 5.74) is 1.02. The molecule has 1 aliphatic heterocycles. The highest BCUT2D eigenvalue weighted by molar-refractivity contribution is 7.15. The molecule has 2 unspecified atom stereocenters. The Kier molecular flexibility index (Phi) is 4.33. The Bertz CT molecular complexity index is 586. The standard InChI is InChI=1S/C15H22N4O2S/c1-3-10-9(2)22-14(17-10)18-15(21)19-8-13(20)16-11-6-4-5-7-12(11)19/h11-12H,3-8H2,1-2H3,(H,16,20)(H,17,18,21). The number of urea groups is 1. The molecule has 0 bridgehead atoms. The van der Waals surface area contributed by atoms with Crippen LogP contribution in [0.2, 0.25) is 0 Å². The third-order valence-corrected chi connectivity index (χ3v) is 5.42. The average Bonchev–Trinajstić information content (AvgIpc) is 2.85. The lowest BCUT2D eigenvalue weighted by Crippen LogP contribution is -2.63. The van der Waals surface area contributed by atoms with Gasteiger partial charge in [-0.2, -0.15) is 0 Å². The summed E-state index contributed by atoms with van der Waals surface area (Å²) in [4.78, 5) is 31.7. The van der Waals surface area contributed by atoms with Crippen molar-refractivity contribution in [2.24, 2.45) is 0 Å². The predicted molar refractivity (Wildman–Crippen MR) is 86.1 cm³/mol. The van der Waals surface area contributed by atoms with E-state index in [1.165, 1.54) is 11.3 Å². The van der Waals surface area contributed by atoms with E-state index >= 15 is 0 Å². The van der Waals surface area contributed by atoms with Crippen molar-refractivity contribution in [3.8, 4) is 0 Å². The minimum Gasteiger partial charge on any atom is -0.350 e. The van der Waals surface area contributed by atoms with E-state index < -0.39 is 0 Å². The molecular weight excluding hydrogens is 300 g/mol. The second kappa shape index (κ2) is 6.24. The normalized spacial score (nSPS) is 24.6. The number of carbonyl (C=O) groups excluding carboxylic acids is 2. The van der Waals surface area contributed by atoms with E-state index in [9.17, 15) is 9.59 Å². The number of amides is 3. The lowest BCUT2D eigenvalue weighted by Gasteiger charge is -2.43. The minimum absolute atomic E-state index is 0.0668. The highest BCUT2D eigenvalue weighted by Gasteiger charge is 2.39. The number of hydrogen-bond donors (Lipinski definition) is 2. The third-order valence-electron chi connectivity index (χ3n) is 4.49. The third kappa shape index (κ3) is 2.95. The van der Waals surface area contributed by atoms with Gasteiger partial charge in [0.1, 0.15) is 6.54 Å². The van der Waals surface area contributed by atoms with Crippen molar-refractivity contribution in [3.05, 3.63) is 10.6 Å². The molecule has 7 heteroatoms. The lowest BCUT2D eigenvalue weighted by molar-refractivity contribution is -0.126.